The zero-order valence-electron chi connectivity index (χ0n) is 16.6. The summed E-state index contributed by atoms with van der Waals surface area (Å²) in [5.74, 6) is 0.694. The molecule has 140 valence electrons. The topological polar surface area (TPSA) is 18.5 Å². The smallest absolute Gasteiger partial charge is 0.173 e. The van der Waals surface area contributed by atoms with Crippen LogP contribution in [-0.4, -0.2) is 46.6 Å². The Morgan fingerprint density at radius 3 is 2.40 bits per heavy atom. The van der Waals surface area contributed by atoms with Gasteiger partial charge in [-0.1, -0.05) is 32.0 Å². The van der Waals surface area contributed by atoms with Crippen LogP contribution in [-0.2, 0) is 0 Å². The maximum Gasteiger partial charge on any atom is 0.173 e. The molecular weight excluding hydrogens is 326 g/mol. The molecule has 0 bridgehead atoms. The van der Waals surface area contributed by atoms with Crippen LogP contribution in [0.25, 0.3) is 0 Å². The highest BCUT2D eigenvalue weighted by atomic mass is 32.1. The van der Waals surface area contributed by atoms with E-state index in [0.717, 1.165) is 17.3 Å². The first-order valence-electron chi connectivity index (χ1n) is 9.75. The van der Waals surface area contributed by atoms with Crippen molar-refractivity contribution < 1.29 is 0 Å². The van der Waals surface area contributed by atoms with Gasteiger partial charge in [-0.05, 0) is 69.8 Å². The summed E-state index contributed by atoms with van der Waals surface area (Å²) in [7, 11) is 0. The Morgan fingerprint density at radius 1 is 1.20 bits per heavy atom. The van der Waals surface area contributed by atoms with Crippen molar-refractivity contribution in [3.05, 3.63) is 29.8 Å². The van der Waals surface area contributed by atoms with Gasteiger partial charge in [0, 0.05) is 37.4 Å². The molecule has 0 amide bonds. The number of thiocarbonyl (C=S) groups is 1. The number of rotatable bonds is 6. The third-order valence-electron chi connectivity index (χ3n) is 5.27. The van der Waals surface area contributed by atoms with E-state index in [9.17, 15) is 0 Å². The predicted octanol–water partition coefficient (Wildman–Crippen LogP) is 4.91. The molecule has 1 aliphatic rings. The SMILES string of the molecule is Cc1ccccc1NC(=S)N(CCC(C)C)C1CCN(C(C)C)CC1. The standard InChI is InChI=1S/C21H35N3S/c1-16(2)10-15-24(19-11-13-23(14-12-19)17(3)4)21(25)22-20-9-7-6-8-18(20)5/h6-9,16-17,19H,10-15H2,1-5H3,(H,22,25). The van der Waals surface area contributed by atoms with Gasteiger partial charge in [-0.3, -0.25) is 0 Å². The fourth-order valence-corrected chi connectivity index (χ4v) is 3.81. The van der Waals surface area contributed by atoms with Crippen LogP contribution in [0.15, 0.2) is 24.3 Å². The van der Waals surface area contributed by atoms with E-state index in [1.54, 1.807) is 0 Å². The molecule has 25 heavy (non-hydrogen) atoms. The summed E-state index contributed by atoms with van der Waals surface area (Å²) in [6.45, 7) is 14.7. The lowest BCUT2D eigenvalue weighted by Gasteiger charge is -2.41. The molecule has 1 fully saturated rings. The van der Waals surface area contributed by atoms with E-state index >= 15 is 0 Å². The summed E-state index contributed by atoms with van der Waals surface area (Å²) in [4.78, 5) is 5.04. The highest BCUT2D eigenvalue weighted by Gasteiger charge is 2.27. The lowest BCUT2D eigenvalue weighted by atomic mass is 10.0. The molecular formula is C21H35N3S. The second-order valence-electron chi connectivity index (χ2n) is 7.98. The molecule has 0 saturated carbocycles. The van der Waals surface area contributed by atoms with Crippen LogP contribution in [0.2, 0.25) is 0 Å². The third kappa shape index (κ3) is 5.96. The zero-order valence-corrected chi connectivity index (χ0v) is 17.4. The molecule has 0 spiro atoms. The van der Waals surface area contributed by atoms with E-state index in [-0.39, 0.29) is 0 Å². The van der Waals surface area contributed by atoms with E-state index in [0.29, 0.717) is 18.0 Å². The van der Waals surface area contributed by atoms with Crippen molar-refractivity contribution in [2.24, 2.45) is 5.92 Å². The van der Waals surface area contributed by atoms with Crippen LogP contribution >= 0.6 is 12.2 Å². The molecule has 2 rings (SSSR count). The third-order valence-corrected chi connectivity index (χ3v) is 5.60. The van der Waals surface area contributed by atoms with Gasteiger partial charge < -0.3 is 15.1 Å². The number of para-hydroxylation sites is 1. The van der Waals surface area contributed by atoms with Crippen molar-refractivity contribution in [1.29, 1.82) is 0 Å². The summed E-state index contributed by atoms with van der Waals surface area (Å²) in [5.41, 5.74) is 2.37. The van der Waals surface area contributed by atoms with Gasteiger partial charge in [0.15, 0.2) is 5.11 Å². The van der Waals surface area contributed by atoms with E-state index in [4.69, 9.17) is 12.2 Å². The number of hydrogen-bond donors (Lipinski definition) is 1. The number of likely N-dealkylation sites (tertiary alicyclic amines) is 1. The first kappa shape index (κ1) is 20.2. The summed E-state index contributed by atoms with van der Waals surface area (Å²) < 4.78 is 0. The van der Waals surface area contributed by atoms with E-state index in [1.807, 2.05) is 0 Å². The molecule has 4 heteroatoms. The Labute approximate surface area is 159 Å². The first-order chi connectivity index (χ1) is 11.9. The minimum Gasteiger partial charge on any atom is -0.346 e. The molecule has 3 nitrogen and oxygen atoms in total. The Balaban J connectivity index is 2.04. The van der Waals surface area contributed by atoms with E-state index < -0.39 is 0 Å². The van der Waals surface area contributed by atoms with Crippen molar-refractivity contribution in [2.75, 3.05) is 25.0 Å². The fourth-order valence-electron chi connectivity index (χ4n) is 3.46. The van der Waals surface area contributed by atoms with Gasteiger partial charge in [0.05, 0.1) is 0 Å². The molecule has 1 aromatic rings. The Kier molecular flexibility index (Phi) is 7.70. The normalized spacial score (nSPS) is 16.4. The minimum absolute atomic E-state index is 0.553. The molecule has 1 saturated heterocycles. The quantitative estimate of drug-likeness (QED) is 0.725. The van der Waals surface area contributed by atoms with Gasteiger partial charge in [-0.15, -0.1) is 0 Å². The van der Waals surface area contributed by atoms with E-state index in [1.165, 1.54) is 37.9 Å². The molecule has 0 radical (unpaired) electrons. The van der Waals surface area contributed by atoms with Crippen LogP contribution in [0.5, 0.6) is 0 Å². The van der Waals surface area contributed by atoms with Crippen LogP contribution in [0, 0.1) is 12.8 Å². The van der Waals surface area contributed by atoms with Crippen LogP contribution in [0.3, 0.4) is 0 Å². The molecule has 0 unspecified atom stereocenters. The predicted molar refractivity (Wildman–Crippen MR) is 113 cm³/mol. The number of anilines is 1. The van der Waals surface area contributed by atoms with Crippen LogP contribution in [0.4, 0.5) is 5.69 Å². The Morgan fingerprint density at radius 2 is 1.84 bits per heavy atom. The average Bonchev–Trinajstić information content (AvgIpc) is 2.57. The van der Waals surface area contributed by atoms with Gasteiger partial charge in [0.1, 0.15) is 0 Å². The first-order valence-corrected chi connectivity index (χ1v) is 10.2. The molecule has 0 atom stereocenters. The van der Waals surface area contributed by atoms with Gasteiger partial charge in [0.2, 0.25) is 0 Å². The van der Waals surface area contributed by atoms with Crippen molar-refractivity contribution >= 4 is 23.0 Å². The van der Waals surface area contributed by atoms with Gasteiger partial charge in [-0.25, -0.2) is 0 Å². The van der Waals surface area contributed by atoms with Crippen molar-refractivity contribution in [3.63, 3.8) is 0 Å². The monoisotopic (exact) mass is 361 g/mol. The molecule has 1 aliphatic heterocycles. The number of aryl methyl sites for hydroxylation is 1. The second-order valence-corrected chi connectivity index (χ2v) is 8.37. The van der Waals surface area contributed by atoms with Gasteiger partial charge >= 0.3 is 0 Å². The minimum atomic E-state index is 0.553. The largest absolute Gasteiger partial charge is 0.346 e. The number of piperidine rings is 1. The maximum atomic E-state index is 5.83. The molecule has 1 aromatic carbocycles. The number of nitrogens with zero attached hydrogens (tertiary/aromatic N) is 2. The lowest BCUT2D eigenvalue weighted by Crippen LogP contribution is -2.50. The summed E-state index contributed by atoms with van der Waals surface area (Å²) in [5, 5.41) is 4.40. The molecule has 1 N–H and O–H groups in total. The van der Waals surface area contributed by atoms with E-state index in [2.05, 4.69) is 74.0 Å². The average molecular weight is 362 g/mol. The summed E-state index contributed by atoms with van der Waals surface area (Å²) >= 11 is 5.83. The summed E-state index contributed by atoms with van der Waals surface area (Å²) in [6.07, 6.45) is 3.58. The fraction of sp³-hybridized carbons (Fsp3) is 0.667. The Hall–Kier alpha value is -1.13. The van der Waals surface area contributed by atoms with Gasteiger partial charge in [0.25, 0.3) is 0 Å². The number of nitrogens with one attached hydrogen (secondary N) is 1. The van der Waals surface area contributed by atoms with Gasteiger partial charge in [-0.2, -0.15) is 0 Å². The molecule has 0 aromatic heterocycles. The lowest BCUT2D eigenvalue weighted by molar-refractivity contribution is 0.126. The van der Waals surface area contributed by atoms with Crippen molar-refractivity contribution in [3.8, 4) is 0 Å². The zero-order chi connectivity index (χ0) is 18.4. The molecule has 0 aliphatic carbocycles. The van der Waals surface area contributed by atoms with Crippen molar-refractivity contribution in [2.45, 2.75) is 66.0 Å². The van der Waals surface area contributed by atoms with Crippen LogP contribution in [0.1, 0.15) is 52.5 Å². The summed E-state index contributed by atoms with van der Waals surface area (Å²) in [6, 6.07) is 9.58. The maximum absolute atomic E-state index is 5.83. The molecule has 1 heterocycles. The highest BCUT2D eigenvalue weighted by Crippen LogP contribution is 2.22. The van der Waals surface area contributed by atoms with Crippen molar-refractivity contribution in [1.82, 2.24) is 9.80 Å². The number of hydrogen-bond acceptors (Lipinski definition) is 2. The highest BCUT2D eigenvalue weighted by molar-refractivity contribution is 7.80. The second kappa shape index (κ2) is 9.54. The number of benzene rings is 1. The Bertz CT molecular complexity index is 548. The van der Waals surface area contributed by atoms with Crippen LogP contribution < -0.4 is 5.32 Å².